The molecule has 1 spiro atoms. The molecule has 1 aromatic carbocycles. The summed E-state index contributed by atoms with van der Waals surface area (Å²) in [5, 5.41) is 12.6. The molecule has 1 aromatic rings. The van der Waals surface area contributed by atoms with Gasteiger partial charge in [-0.25, -0.2) is 0 Å². The van der Waals surface area contributed by atoms with Crippen LogP contribution in [0.25, 0.3) is 0 Å². The lowest BCUT2D eigenvalue weighted by Gasteiger charge is -2.49. The van der Waals surface area contributed by atoms with Crippen molar-refractivity contribution in [1.29, 1.82) is 0 Å². The Morgan fingerprint density at radius 3 is 2.50 bits per heavy atom. The Morgan fingerprint density at radius 1 is 1.10 bits per heavy atom. The summed E-state index contributed by atoms with van der Waals surface area (Å²) in [4.78, 5) is 2.33. The van der Waals surface area contributed by atoms with Crippen LogP contribution >= 0.6 is 23.2 Å². The molecule has 1 saturated heterocycles. The number of halogens is 2. The fraction of sp³-hybridized carbons (Fsp3) is 0.625. The van der Waals surface area contributed by atoms with Gasteiger partial charge in [0.15, 0.2) is 0 Å². The Labute approximate surface area is 130 Å². The highest BCUT2D eigenvalue weighted by Gasteiger charge is 2.55. The first kappa shape index (κ1) is 14.6. The van der Waals surface area contributed by atoms with E-state index in [0.29, 0.717) is 10.0 Å². The summed E-state index contributed by atoms with van der Waals surface area (Å²) in [6, 6.07) is 5.60. The minimum atomic E-state index is -0.774. The molecular formula is C16H21Cl2NO. The fourth-order valence-electron chi connectivity index (χ4n) is 4.14. The quantitative estimate of drug-likeness (QED) is 0.844. The van der Waals surface area contributed by atoms with E-state index in [-0.39, 0.29) is 5.41 Å². The van der Waals surface area contributed by atoms with E-state index in [2.05, 4.69) is 11.9 Å². The van der Waals surface area contributed by atoms with E-state index in [1.165, 1.54) is 6.42 Å². The number of hydrogen-bond acceptors (Lipinski definition) is 2. The van der Waals surface area contributed by atoms with Gasteiger partial charge in [0.2, 0.25) is 0 Å². The minimum Gasteiger partial charge on any atom is -0.385 e. The average Bonchev–Trinajstić information content (AvgIpc) is 2.79. The van der Waals surface area contributed by atoms with Gasteiger partial charge in [0.25, 0.3) is 0 Å². The Balaban J connectivity index is 2.04. The van der Waals surface area contributed by atoms with Gasteiger partial charge in [0.1, 0.15) is 0 Å². The molecule has 0 bridgehead atoms. The van der Waals surface area contributed by atoms with E-state index in [1.54, 1.807) is 6.07 Å². The van der Waals surface area contributed by atoms with Gasteiger partial charge in [-0.1, -0.05) is 42.1 Å². The molecule has 1 N–H and O–H groups in total. The van der Waals surface area contributed by atoms with Crippen LogP contribution in [0.15, 0.2) is 18.2 Å². The zero-order valence-electron chi connectivity index (χ0n) is 11.8. The van der Waals surface area contributed by atoms with E-state index in [1.807, 2.05) is 12.1 Å². The van der Waals surface area contributed by atoms with E-state index in [0.717, 1.165) is 44.3 Å². The first-order valence-corrected chi connectivity index (χ1v) is 8.09. The van der Waals surface area contributed by atoms with Crippen molar-refractivity contribution in [3.05, 3.63) is 33.8 Å². The average molecular weight is 314 g/mol. The molecule has 2 unspecified atom stereocenters. The van der Waals surface area contributed by atoms with Crippen LogP contribution in [0.1, 0.15) is 37.7 Å². The molecule has 1 heterocycles. The summed E-state index contributed by atoms with van der Waals surface area (Å²) < 4.78 is 0. The first-order chi connectivity index (χ1) is 9.47. The van der Waals surface area contributed by atoms with Gasteiger partial charge in [-0.3, -0.25) is 0 Å². The lowest BCUT2D eigenvalue weighted by Crippen LogP contribution is -2.49. The Hall–Kier alpha value is -0.280. The van der Waals surface area contributed by atoms with Crippen LogP contribution in [-0.4, -0.2) is 30.1 Å². The van der Waals surface area contributed by atoms with Crippen LogP contribution in [0.4, 0.5) is 0 Å². The van der Waals surface area contributed by atoms with Crippen molar-refractivity contribution in [3.63, 3.8) is 0 Å². The van der Waals surface area contributed by atoms with Crippen molar-refractivity contribution in [1.82, 2.24) is 4.90 Å². The number of likely N-dealkylation sites (tertiary alicyclic amines) is 1. The second-order valence-corrected chi connectivity index (χ2v) is 7.28. The molecule has 0 amide bonds. The first-order valence-electron chi connectivity index (χ1n) is 7.33. The Morgan fingerprint density at radius 2 is 1.85 bits per heavy atom. The molecular weight excluding hydrogens is 293 g/mol. The topological polar surface area (TPSA) is 23.5 Å². The van der Waals surface area contributed by atoms with E-state index >= 15 is 0 Å². The summed E-state index contributed by atoms with van der Waals surface area (Å²) in [6.45, 7) is 2.02. The molecule has 3 rings (SSSR count). The maximum atomic E-state index is 11.5. The summed E-state index contributed by atoms with van der Waals surface area (Å²) >= 11 is 12.2. The number of rotatable bonds is 1. The normalized spacial score (nSPS) is 34.8. The van der Waals surface area contributed by atoms with Gasteiger partial charge in [-0.05, 0) is 50.6 Å². The van der Waals surface area contributed by atoms with Crippen LogP contribution in [0.2, 0.25) is 10.0 Å². The predicted molar refractivity (Wildman–Crippen MR) is 83.4 cm³/mol. The lowest BCUT2D eigenvalue weighted by atomic mass is 9.60. The maximum absolute atomic E-state index is 11.5. The van der Waals surface area contributed by atoms with Crippen molar-refractivity contribution < 1.29 is 5.11 Å². The smallest absolute Gasteiger partial charge is 0.0965 e. The maximum Gasteiger partial charge on any atom is 0.0965 e. The number of aliphatic hydroxyl groups is 1. The van der Waals surface area contributed by atoms with Crippen molar-refractivity contribution >= 4 is 23.2 Å². The van der Waals surface area contributed by atoms with Crippen LogP contribution in [0.3, 0.4) is 0 Å². The summed E-state index contributed by atoms with van der Waals surface area (Å²) in [6.07, 6.45) is 5.24. The van der Waals surface area contributed by atoms with Gasteiger partial charge < -0.3 is 10.0 Å². The van der Waals surface area contributed by atoms with Crippen LogP contribution < -0.4 is 0 Å². The number of benzene rings is 1. The highest BCUT2D eigenvalue weighted by molar-refractivity contribution is 6.42. The third-order valence-corrected chi connectivity index (χ3v) is 6.00. The standard InChI is InChI=1S/C16H21Cl2NO/c1-19-9-8-15(11-19)6-2-3-7-16(15,20)12-4-5-13(17)14(18)10-12/h4-5,10,20H,2-3,6-9,11H2,1H3. The third kappa shape index (κ3) is 2.18. The molecule has 2 aliphatic rings. The number of hydrogen-bond donors (Lipinski definition) is 1. The molecule has 0 aromatic heterocycles. The second kappa shape index (κ2) is 5.17. The Bertz CT molecular complexity index is 517. The molecule has 2 fully saturated rings. The van der Waals surface area contributed by atoms with Gasteiger partial charge in [-0.15, -0.1) is 0 Å². The van der Waals surface area contributed by atoms with E-state index < -0.39 is 5.60 Å². The molecule has 2 nitrogen and oxygen atoms in total. The molecule has 2 atom stereocenters. The molecule has 4 heteroatoms. The van der Waals surface area contributed by atoms with Crippen molar-refractivity contribution in [2.45, 2.75) is 37.7 Å². The van der Waals surface area contributed by atoms with Crippen LogP contribution in [0.5, 0.6) is 0 Å². The van der Waals surface area contributed by atoms with Crippen molar-refractivity contribution in [2.24, 2.45) is 5.41 Å². The second-order valence-electron chi connectivity index (χ2n) is 6.46. The molecule has 1 saturated carbocycles. The molecule has 20 heavy (non-hydrogen) atoms. The van der Waals surface area contributed by atoms with E-state index in [4.69, 9.17) is 23.2 Å². The van der Waals surface area contributed by atoms with Gasteiger partial charge in [-0.2, -0.15) is 0 Å². The fourth-order valence-corrected chi connectivity index (χ4v) is 4.44. The van der Waals surface area contributed by atoms with Crippen LogP contribution in [-0.2, 0) is 5.60 Å². The summed E-state index contributed by atoms with van der Waals surface area (Å²) in [5.41, 5.74) is 0.128. The molecule has 1 aliphatic heterocycles. The Kier molecular flexibility index (Phi) is 3.79. The van der Waals surface area contributed by atoms with Gasteiger partial charge in [0.05, 0.1) is 15.6 Å². The van der Waals surface area contributed by atoms with Crippen molar-refractivity contribution in [2.75, 3.05) is 20.1 Å². The summed E-state index contributed by atoms with van der Waals surface area (Å²) in [5.74, 6) is 0. The molecule has 1 aliphatic carbocycles. The van der Waals surface area contributed by atoms with Crippen molar-refractivity contribution in [3.8, 4) is 0 Å². The lowest BCUT2D eigenvalue weighted by molar-refractivity contribution is -0.116. The predicted octanol–water partition coefficient (Wildman–Crippen LogP) is 4.08. The zero-order valence-corrected chi connectivity index (χ0v) is 13.3. The van der Waals surface area contributed by atoms with Gasteiger partial charge >= 0.3 is 0 Å². The van der Waals surface area contributed by atoms with Gasteiger partial charge in [0, 0.05) is 12.0 Å². The SMILES string of the molecule is CN1CCC2(CCCCC2(O)c2ccc(Cl)c(Cl)c2)C1. The highest BCUT2D eigenvalue weighted by Crippen LogP contribution is 2.55. The van der Waals surface area contributed by atoms with E-state index in [9.17, 15) is 5.11 Å². The molecule has 0 radical (unpaired) electrons. The number of nitrogens with zero attached hydrogens (tertiary/aromatic N) is 1. The third-order valence-electron chi connectivity index (χ3n) is 5.26. The van der Waals surface area contributed by atoms with Crippen LogP contribution in [0, 0.1) is 5.41 Å². The summed E-state index contributed by atoms with van der Waals surface area (Å²) in [7, 11) is 2.14. The largest absolute Gasteiger partial charge is 0.385 e. The molecule has 110 valence electrons. The monoisotopic (exact) mass is 313 g/mol. The minimum absolute atomic E-state index is 0.0306. The highest BCUT2D eigenvalue weighted by atomic mass is 35.5. The zero-order chi connectivity index (χ0) is 14.4.